The van der Waals surface area contributed by atoms with Crippen LogP contribution in [-0.4, -0.2) is 16.6 Å². The van der Waals surface area contributed by atoms with Crippen LogP contribution in [0.5, 0.6) is 0 Å². The number of carbonyl (C=O) groups is 1. The van der Waals surface area contributed by atoms with Crippen molar-refractivity contribution in [1.82, 2.24) is 5.01 Å². The first-order valence-electron chi connectivity index (χ1n) is 5.79. The molecule has 1 aromatic rings. The van der Waals surface area contributed by atoms with Crippen LogP contribution in [0, 0.1) is 23.8 Å². The van der Waals surface area contributed by atoms with Gasteiger partial charge in [-0.25, -0.2) is 0 Å². The molecule has 1 heterocycles. The lowest BCUT2D eigenvalue weighted by atomic mass is 10.0. The second kappa shape index (κ2) is 6.09. The van der Waals surface area contributed by atoms with Gasteiger partial charge in [0, 0.05) is 23.8 Å². The van der Waals surface area contributed by atoms with Gasteiger partial charge < -0.3 is 0 Å². The normalized spacial score (nSPS) is 13.9. The van der Waals surface area contributed by atoms with Crippen molar-refractivity contribution in [2.75, 3.05) is 0 Å². The molecule has 3 nitrogen and oxygen atoms in total. The Morgan fingerprint density at radius 2 is 1.95 bits per heavy atom. The van der Waals surface area contributed by atoms with Crippen molar-refractivity contribution in [3.8, 4) is 23.8 Å². The van der Waals surface area contributed by atoms with Gasteiger partial charge in [0.1, 0.15) is 0 Å². The van der Waals surface area contributed by atoms with Crippen LogP contribution in [0.3, 0.4) is 0 Å². The Balaban J connectivity index is 2.28. The number of halogens is 1. The molecule has 0 radical (unpaired) electrons. The number of benzene rings is 1. The molecule has 1 aromatic carbocycles. The monoisotopic (exact) mass is 270 g/mol. The summed E-state index contributed by atoms with van der Waals surface area (Å²) in [6, 6.07) is 10.00. The molecular weight excluding hydrogens is 260 g/mol. The van der Waals surface area contributed by atoms with Crippen LogP contribution < -0.4 is 0 Å². The van der Waals surface area contributed by atoms with E-state index in [-0.39, 0.29) is 5.91 Å². The summed E-state index contributed by atoms with van der Waals surface area (Å²) in [5.41, 5.74) is 1.78. The molecule has 2 rings (SSSR count). The molecule has 94 valence electrons. The van der Waals surface area contributed by atoms with Gasteiger partial charge in [-0.05, 0) is 30.5 Å². The van der Waals surface area contributed by atoms with Crippen molar-refractivity contribution in [2.24, 2.45) is 5.10 Å². The fourth-order valence-corrected chi connectivity index (χ4v) is 1.76. The van der Waals surface area contributed by atoms with Gasteiger partial charge in [-0.2, -0.15) is 10.1 Å². The van der Waals surface area contributed by atoms with Crippen molar-refractivity contribution in [2.45, 2.75) is 19.8 Å². The molecule has 0 spiro atoms. The maximum absolute atomic E-state index is 11.7. The Kier molecular flexibility index (Phi) is 4.23. The topological polar surface area (TPSA) is 32.7 Å². The molecule has 0 bridgehead atoms. The summed E-state index contributed by atoms with van der Waals surface area (Å²) in [4.78, 5) is 11.7. The lowest BCUT2D eigenvalue weighted by Gasteiger charge is -2.18. The number of carbonyl (C=O) groups excluding carboxylic acids is 1. The number of hydrazone groups is 1. The highest BCUT2D eigenvalue weighted by molar-refractivity contribution is 6.30. The van der Waals surface area contributed by atoms with E-state index in [4.69, 9.17) is 11.6 Å². The predicted molar refractivity (Wildman–Crippen MR) is 75.3 cm³/mol. The third-order valence-electron chi connectivity index (χ3n) is 2.56. The Hall–Kier alpha value is -2.23. The Bertz CT molecular complexity index is 639. The average Bonchev–Trinajstić information content (AvgIpc) is 2.42. The maximum atomic E-state index is 11.7. The first-order chi connectivity index (χ1) is 9.20. The number of nitrogens with zero attached hydrogens (tertiary/aromatic N) is 2. The van der Waals surface area contributed by atoms with Crippen LogP contribution in [0.2, 0.25) is 5.02 Å². The summed E-state index contributed by atoms with van der Waals surface area (Å²) in [6.45, 7) is 1.69. The smallest absolute Gasteiger partial charge is 0.255 e. The van der Waals surface area contributed by atoms with E-state index >= 15 is 0 Å². The first-order valence-corrected chi connectivity index (χ1v) is 6.17. The van der Waals surface area contributed by atoms with Crippen molar-refractivity contribution < 1.29 is 4.79 Å². The van der Waals surface area contributed by atoms with Crippen molar-refractivity contribution in [3.05, 3.63) is 34.9 Å². The van der Waals surface area contributed by atoms with E-state index in [0.717, 1.165) is 16.3 Å². The summed E-state index contributed by atoms with van der Waals surface area (Å²) >= 11 is 5.84. The molecule has 0 aliphatic carbocycles. The van der Waals surface area contributed by atoms with E-state index in [9.17, 15) is 4.79 Å². The highest BCUT2D eigenvalue weighted by Crippen LogP contribution is 2.16. The van der Waals surface area contributed by atoms with E-state index in [1.54, 1.807) is 19.1 Å². The van der Waals surface area contributed by atoms with Gasteiger partial charge in [-0.15, -0.1) is 0 Å². The lowest BCUT2D eigenvalue weighted by molar-refractivity contribution is -0.128. The van der Waals surface area contributed by atoms with Gasteiger partial charge in [0.15, 0.2) is 0 Å². The van der Waals surface area contributed by atoms with Crippen LogP contribution >= 0.6 is 11.6 Å². The maximum Gasteiger partial charge on any atom is 0.255 e. The number of amides is 1. The molecule has 19 heavy (non-hydrogen) atoms. The Morgan fingerprint density at radius 3 is 2.63 bits per heavy atom. The minimum absolute atomic E-state index is 0.108. The van der Waals surface area contributed by atoms with Crippen molar-refractivity contribution in [3.63, 3.8) is 0 Å². The second-order valence-electron chi connectivity index (χ2n) is 3.87. The zero-order valence-corrected chi connectivity index (χ0v) is 11.2. The largest absolute Gasteiger partial charge is 0.272 e. The van der Waals surface area contributed by atoms with Gasteiger partial charge in [-0.1, -0.05) is 29.7 Å². The molecule has 0 fully saturated rings. The standard InChI is InChI=1S/C15H11ClN2O/c1-2-3-4-11-18-15(19)10-9-14(17-18)12-5-7-13(16)8-6-12/h5-8H,9-10H2,1H3. The Labute approximate surface area is 117 Å². The van der Waals surface area contributed by atoms with Crippen molar-refractivity contribution >= 4 is 23.2 Å². The number of rotatable bonds is 1. The third kappa shape index (κ3) is 3.37. The summed E-state index contributed by atoms with van der Waals surface area (Å²) in [5.74, 6) is 7.71. The SMILES string of the molecule is CC#CC#CN1N=C(c2ccc(Cl)cc2)CCC1=O. The zero-order valence-electron chi connectivity index (χ0n) is 10.4. The van der Waals surface area contributed by atoms with E-state index in [2.05, 4.69) is 28.9 Å². The molecule has 0 saturated heterocycles. The molecular formula is C15H11ClN2O. The summed E-state index contributed by atoms with van der Waals surface area (Å²) < 4.78 is 0. The molecule has 0 saturated carbocycles. The fraction of sp³-hybridized carbons (Fsp3) is 0.200. The van der Waals surface area contributed by atoms with Gasteiger partial charge in [0.2, 0.25) is 0 Å². The summed E-state index contributed by atoms with van der Waals surface area (Å²) in [6.07, 6.45) is 1.01. The molecule has 1 amide bonds. The summed E-state index contributed by atoms with van der Waals surface area (Å²) in [5, 5.41) is 6.09. The number of hydrogen-bond donors (Lipinski definition) is 0. The minimum atomic E-state index is -0.108. The van der Waals surface area contributed by atoms with Crippen LogP contribution in [0.15, 0.2) is 29.4 Å². The fourth-order valence-electron chi connectivity index (χ4n) is 1.63. The molecule has 0 N–H and O–H groups in total. The van der Waals surface area contributed by atoms with Crippen molar-refractivity contribution in [1.29, 1.82) is 0 Å². The molecule has 0 unspecified atom stereocenters. The predicted octanol–water partition coefficient (Wildman–Crippen LogP) is 2.65. The first kappa shape index (κ1) is 13.2. The van der Waals surface area contributed by atoms with Gasteiger partial charge in [0.25, 0.3) is 5.91 Å². The van der Waals surface area contributed by atoms with Crippen LogP contribution in [0.25, 0.3) is 0 Å². The van der Waals surface area contributed by atoms with E-state index < -0.39 is 0 Å². The summed E-state index contributed by atoms with van der Waals surface area (Å²) in [7, 11) is 0. The van der Waals surface area contributed by atoms with Gasteiger partial charge in [-0.3, -0.25) is 4.79 Å². The highest BCUT2D eigenvalue weighted by atomic mass is 35.5. The van der Waals surface area contributed by atoms with E-state index in [1.807, 2.05) is 12.1 Å². The van der Waals surface area contributed by atoms with E-state index in [1.165, 1.54) is 0 Å². The Morgan fingerprint density at radius 1 is 1.21 bits per heavy atom. The van der Waals surface area contributed by atoms with Crippen LogP contribution in [0.1, 0.15) is 25.3 Å². The zero-order chi connectivity index (χ0) is 13.7. The minimum Gasteiger partial charge on any atom is -0.272 e. The van der Waals surface area contributed by atoms with Gasteiger partial charge >= 0.3 is 0 Å². The van der Waals surface area contributed by atoms with Crippen LogP contribution in [-0.2, 0) is 4.79 Å². The lowest BCUT2D eigenvalue weighted by Crippen LogP contribution is -2.28. The van der Waals surface area contributed by atoms with E-state index in [0.29, 0.717) is 17.9 Å². The highest BCUT2D eigenvalue weighted by Gasteiger charge is 2.19. The molecule has 4 heteroatoms. The number of hydrogen-bond acceptors (Lipinski definition) is 2. The molecule has 0 atom stereocenters. The second-order valence-corrected chi connectivity index (χ2v) is 4.31. The van der Waals surface area contributed by atoms with Crippen LogP contribution in [0.4, 0.5) is 0 Å². The molecule has 1 aliphatic heterocycles. The third-order valence-corrected chi connectivity index (χ3v) is 2.81. The molecule has 1 aliphatic rings. The quantitative estimate of drug-likeness (QED) is 0.722. The molecule has 0 aromatic heterocycles. The van der Waals surface area contributed by atoms with Gasteiger partial charge in [0.05, 0.1) is 11.8 Å². The average molecular weight is 271 g/mol.